The summed E-state index contributed by atoms with van der Waals surface area (Å²) in [7, 11) is 1.84. The summed E-state index contributed by atoms with van der Waals surface area (Å²) in [5.41, 5.74) is 7.13. The average Bonchev–Trinajstić information content (AvgIpc) is 2.65. The van der Waals surface area contributed by atoms with Crippen LogP contribution in [0.2, 0.25) is 5.28 Å². The van der Waals surface area contributed by atoms with Crippen LogP contribution in [0.15, 0.2) is 0 Å². The lowest BCUT2D eigenvalue weighted by atomic mass is 10.3. The SMILES string of the molecule is Cn1c(N)nc2nc(Cl)nc(N3CCOCC3)c21. The highest BCUT2D eigenvalue weighted by molar-refractivity contribution is 6.28. The van der Waals surface area contributed by atoms with Crippen molar-refractivity contribution in [1.82, 2.24) is 19.5 Å². The number of nitrogen functional groups attached to an aromatic ring is 1. The Balaban J connectivity index is 2.19. The number of fused-ring (bicyclic) bond motifs is 1. The van der Waals surface area contributed by atoms with Crippen LogP contribution in [0.5, 0.6) is 0 Å². The summed E-state index contributed by atoms with van der Waals surface area (Å²) in [6.07, 6.45) is 0. The van der Waals surface area contributed by atoms with Crippen molar-refractivity contribution in [2.24, 2.45) is 7.05 Å². The normalized spacial score (nSPS) is 16.4. The number of nitrogens with zero attached hydrogens (tertiary/aromatic N) is 5. The van der Waals surface area contributed by atoms with E-state index in [-0.39, 0.29) is 5.28 Å². The van der Waals surface area contributed by atoms with E-state index in [1.165, 1.54) is 0 Å². The molecule has 2 N–H and O–H groups in total. The number of hydrogen-bond donors (Lipinski definition) is 1. The second-order valence-electron chi connectivity index (χ2n) is 4.12. The van der Waals surface area contributed by atoms with Gasteiger partial charge in [0.05, 0.1) is 13.2 Å². The number of hydrogen-bond acceptors (Lipinski definition) is 6. The molecule has 96 valence electrons. The molecular formula is C10H13ClN6O. The van der Waals surface area contributed by atoms with Crippen molar-refractivity contribution in [1.29, 1.82) is 0 Å². The molecule has 0 bridgehead atoms. The van der Waals surface area contributed by atoms with Gasteiger partial charge in [-0.2, -0.15) is 15.0 Å². The van der Waals surface area contributed by atoms with Crippen molar-refractivity contribution in [3.8, 4) is 0 Å². The Kier molecular flexibility index (Phi) is 2.71. The molecule has 0 radical (unpaired) electrons. The molecule has 0 atom stereocenters. The molecule has 0 spiro atoms. The minimum absolute atomic E-state index is 0.182. The second-order valence-corrected chi connectivity index (χ2v) is 4.45. The average molecular weight is 269 g/mol. The first-order valence-electron chi connectivity index (χ1n) is 5.65. The van der Waals surface area contributed by atoms with E-state index in [1.54, 1.807) is 4.57 Å². The largest absolute Gasteiger partial charge is 0.378 e. The van der Waals surface area contributed by atoms with Gasteiger partial charge in [-0.25, -0.2) is 0 Å². The molecule has 7 nitrogen and oxygen atoms in total. The van der Waals surface area contributed by atoms with Crippen LogP contribution in [-0.2, 0) is 11.8 Å². The first kappa shape index (κ1) is 11.5. The van der Waals surface area contributed by atoms with Gasteiger partial charge in [0, 0.05) is 20.1 Å². The Morgan fingerprint density at radius 3 is 2.67 bits per heavy atom. The molecule has 2 aromatic heterocycles. The summed E-state index contributed by atoms with van der Waals surface area (Å²) >= 11 is 5.93. The van der Waals surface area contributed by atoms with Crippen LogP contribution in [0.4, 0.5) is 11.8 Å². The zero-order valence-corrected chi connectivity index (χ0v) is 10.7. The van der Waals surface area contributed by atoms with Gasteiger partial charge in [0.15, 0.2) is 11.5 Å². The molecule has 18 heavy (non-hydrogen) atoms. The fraction of sp³-hybridized carbons (Fsp3) is 0.500. The number of morpholine rings is 1. The smallest absolute Gasteiger partial charge is 0.226 e. The van der Waals surface area contributed by atoms with Gasteiger partial charge in [-0.3, -0.25) is 0 Å². The lowest BCUT2D eigenvalue weighted by Crippen LogP contribution is -2.37. The molecule has 1 fully saturated rings. The minimum Gasteiger partial charge on any atom is -0.378 e. The Morgan fingerprint density at radius 2 is 1.94 bits per heavy atom. The van der Waals surface area contributed by atoms with E-state index < -0.39 is 0 Å². The molecule has 2 aromatic rings. The Bertz CT molecular complexity index is 592. The molecule has 0 amide bonds. The number of aryl methyl sites for hydroxylation is 1. The summed E-state index contributed by atoms with van der Waals surface area (Å²) < 4.78 is 7.11. The number of imidazole rings is 1. The van der Waals surface area contributed by atoms with E-state index in [9.17, 15) is 0 Å². The van der Waals surface area contributed by atoms with Crippen molar-refractivity contribution in [2.45, 2.75) is 0 Å². The topological polar surface area (TPSA) is 82.1 Å². The highest BCUT2D eigenvalue weighted by Crippen LogP contribution is 2.27. The van der Waals surface area contributed by atoms with E-state index in [4.69, 9.17) is 22.1 Å². The maximum absolute atomic E-state index is 5.93. The van der Waals surface area contributed by atoms with Crippen LogP contribution in [0.1, 0.15) is 0 Å². The van der Waals surface area contributed by atoms with Gasteiger partial charge in [-0.15, -0.1) is 0 Å². The van der Waals surface area contributed by atoms with Crippen LogP contribution in [0.25, 0.3) is 11.2 Å². The predicted octanol–water partition coefficient (Wildman–Crippen LogP) is 0.435. The Hall–Kier alpha value is -1.60. The van der Waals surface area contributed by atoms with E-state index >= 15 is 0 Å². The standard InChI is InChI=1S/C10H13ClN6O/c1-16-6-7(14-10(16)12)13-9(11)15-8(6)17-2-4-18-5-3-17/h2-5H2,1H3,(H2,12,13,14,15). The molecule has 3 heterocycles. The highest BCUT2D eigenvalue weighted by Gasteiger charge is 2.20. The summed E-state index contributed by atoms with van der Waals surface area (Å²) in [4.78, 5) is 14.7. The van der Waals surface area contributed by atoms with Crippen LogP contribution in [0, 0.1) is 0 Å². The number of halogens is 1. The fourth-order valence-electron chi connectivity index (χ4n) is 2.08. The number of rotatable bonds is 1. The number of aromatic nitrogens is 4. The van der Waals surface area contributed by atoms with Gasteiger partial charge < -0.3 is 19.9 Å². The van der Waals surface area contributed by atoms with Crippen LogP contribution < -0.4 is 10.6 Å². The van der Waals surface area contributed by atoms with E-state index in [2.05, 4.69) is 19.9 Å². The molecule has 0 aliphatic carbocycles. The molecule has 1 saturated heterocycles. The molecule has 8 heteroatoms. The molecule has 0 aromatic carbocycles. The zero-order chi connectivity index (χ0) is 12.7. The maximum atomic E-state index is 5.93. The zero-order valence-electron chi connectivity index (χ0n) is 9.93. The number of nitrogens with two attached hydrogens (primary N) is 1. The van der Waals surface area contributed by atoms with Gasteiger partial charge in [-0.1, -0.05) is 0 Å². The van der Waals surface area contributed by atoms with Crippen LogP contribution in [-0.4, -0.2) is 45.8 Å². The molecule has 1 aliphatic rings. The first-order valence-corrected chi connectivity index (χ1v) is 6.03. The van der Waals surface area contributed by atoms with Crippen molar-refractivity contribution in [2.75, 3.05) is 36.9 Å². The lowest BCUT2D eigenvalue weighted by molar-refractivity contribution is 0.122. The fourth-order valence-corrected chi connectivity index (χ4v) is 2.24. The van der Waals surface area contributed by atoms with E-state index in [0.717, 1.165) is 24.4 Å². The highest BCUT2D eigenvalue weighted by atomic mass is 35.5. The molecular weight excluding hydrogens is 256 g/mol. The lowest BCUT2D eigenvalue weighted by Gasteiger charge is -2.28. The van der Waals surface area contributed by atoms with Gasteiger partial charge in [-0.05, 0) is 11.6 Å². The van der Waals surface area contributed by atoms with Gasteiger partial charge in [0.2, 0.25) is 11.2 Å². The van der Waals surface area contributed by atoms with Crippen molar-refractivity contribution in [3.63, 3.8) is 0 Å². The van der Waals surface area contributed by atoms with Crippen molar-refractivity contribution < 1.29 is 4.74 Å². The first-order chi connectivity index (χ1) is 8.66. The van der Waals surface area contributed by atoms with Crippen LogP contribution in [0.3, 0.4) is 0 Å². The maximum Gasteiger partial charge on any atom is 0.226 e. The molecule has 0 unspecified atom stereocenters. The Morgan fingerprint density at radius 1 is 1.22 bits per heavy atom. The molecule has 0 saturated carbocycles. The summed E-state index contributed by atoms with van der Waals surface area (Å²) in [5, 5.41) is 0.182. The summed E-state index contributed by atoms with van der Waals surface area (Å²) in [6, 6.07) is 0. The van der Waals surface area contributed by atoms with Gasteiger partial charge >= 0.3 is 0 Å². The van der Waals surface area contributed by atoms with Gasteiger partial charge in [0.25, 0.3) is 0 Å². The van der Waals surface area contributed by atoms with Crippen LogP contribution >= 0.6 is 11.6 Å². The van der Waals surface area contributed by atoms with Crippen molar-refractivity contribution in [3.05, 3.63) is 5.28 Å². The molecule has 1 aliphatic heterocycles. The third kappa shape index (κ3) is 1.75. The minimum atomic E-state index is 0.182. The Labute approximate surface area is 109 Å². The van der Waals surface area contributed by atoms with E-state index in [1.807, 2.05) is 7.05 Å². The van der Waals surface area contributed by atoms with Gasteiger partial charge in [0.1, 0.15) is 5.52 Å². The molecule has 3 rings (SSSR count). The third-order valence-electron chi connectivity index (χ3n) is 3.03. The number of ether oxygens (including phenoxy) is 1. The quantitative estimate of drug-likeness (QED) is 0.756. The number of anilines is 2. The summed E-state index contributed by atoms with van der Waals surface area (Å²) in [6.45, 7) is 2.90. The third-order valence-corrected chi connectivity index (χ3v) is 3.20. The monoisotopic (exact) mass is 268 g/mol. The van der Waals surface area contributed by atoms with E-state index in [0.29, 0.717) is 24.8 Å². The second kappa shape index (κ2) is 4.25. The summed E-state index contributed by atoms with van der Waals surface area (Å²) in [5.74, 6) is 1.16. The van der Waals surface area contributed by atoms with Crippen molar-refractivity contribution >= 4 is 34.5 Å². The predicted molar refractivity (Wildman–Crippen MR) is 68.8 cm³/mol.